The van der Waals surface area contributed by atoms with E-state index in [1.165, 1.54) is 30.9 Å². The van der Waals surface area contributed by atoms with Gasteiger partial charge >= 0.3 is 0 Å². The first-order valence-corrected chi connectivity index (χ1v) is 15.3. The summed E-state index contributed by atoms with van der Waals surface area (Å²) >= 11 is 1.84. The molecule has 202 valence electrons. The van der Waals surface area contributed by atoms with Crippen LogP contribution in [0.2, 0.25) is 0 Å². The zero-order valence-electron chi connectivity index (χ0n) is 23.2. The van der Waals surface area contributed by atoms with E-state index in [1.807, 2.05) is 11.3 Å². The highest BCUT2D eigenvalue weighted by Crippen LogP contribution is 2.47. The van der Waals surface area contributed by atoms with Crippen molar-refractivity contribution >= 4 is 81.3 Å². The van der Waals surface area contributed by atoms with Crippen LogP contribution in [0.4, 0.5) is 17.1 Å². The molecule has 9 rings (SSSR count). The molecule has 0 amide bonds. The lowest BCUT2D eigenvalue weighted by Crippen LogP contribution is -2.09. The van der Waals surface area contributed by atoms with Crippen LogP contribution in [0.3, 0.4) is 0 Å². The Kier molecular flexibility index (Phi) is 5.40. The standard InChI is InChI=1S/C40H25NOS/c1-3-12-26(13-4-1)34-24-27-14-7-8-17-30(27)38-33-19-11-20-35(39(33)42-40(34)38)41(28-15-5-2-6-16-28)29-22-23-32-31-18-9-10-21-36(31)43-37(32)25-29/h1-25H. The SMILES string of the molecule is c1ccc(-c2cc3ccccc3c3c2oc2c(N(c4ccccc4)c4ccc5c(c4)sc4ccccc45)cccc23)cc1. The summed E-state index contributed by atoms with van der Waals surface area (Å²) in [5, 5.41) is 7.27. The second-order valence-electron chi connectivity index (χ2n) is 10.9. The van der Waals surface area contributed by atoms with Crippen molar-refractivity contribution < 1.29 is 4.42 Å². The van der Waals surface area contributed by atoms with Gasteiger partial charge in [0.2, 0.25) is 0 Å². The summed E-state index contributed by atoms with van der Waals surface area (Å²) < 4.78 is 9.58. The largest absolute Gasteiger partial charge is 0.453 e. The van der Waals surface area contributed by atoms with Gasteiger partial charge in [0, 0.05) is 47.9 Å². The lowest BCUT2D eigenvalue weighted by molar-refractivity contribution is 0.670. The molecule has 0 spiro atoms. The van der Waals surface area contributed by atoms with Crippen molar-refractivity contribution in [3.63, 3.8) is 0 Å². The van der Waals surface area contributed by atoms with Gasteiger partial charge in [0.25, 0.3) is 0 Å². The van der Waals surface area contributed by atoms with Crippen molar-refractivity contribution in [2.45, 2.75) is 0 Å². The number of anilines is 3. The van der Waals surface area contributed by atoms with Gasteiger partial charge in [-0.05, 0) is 58.8 Å². The summed E-state index contributed by atoms with van der Waals surface area (Å²) in [5.41, 5.74) is 7.26. The van der Waals surface area contributed by atoms with Crippen molar-refractivity contribution in [3.05, 3.63) is 152 Å². The summed E-state index contributed by atoms with van der Waals surface area (Å²) in [4.78, 5) is 2.33. The van der Waals surface area contributed by atoms with Gasteiger partial charge in [-0.2, -0.15) is 0 Å². The van der Waals surface area contributed by atoms with Gasteiger partial charge in [0.1, 0.15) is 5.58 Å². The minimum absolute atomic E-state index is 0.881. The number of fused-ring (bicyclic) bond motifs is 8. The van der Waals surface area contributed by atoms with E-state index in [-0.39, 0.29) is 0 Å². The molecular weight excluding hydrogens is 543 g/mol. The molecule has 0 aliphatic carbocycles. The van der Waals surface area contributed by atoms with Crippen LogP contribution >= 0.6 is 11.3 Å². The van der Waals surface area contributed by atoms with Crippen molar-refractivity contribution in [2.24, 2.45) is 0 Å². The molecule has 2 heterocycles. The first-order valence-electron chi connectivity index (χ1n) is 14.5. The van der Waals surface area contributed by atoms with Crippen LogP contribution in [0.1, 0.15) is 0 Å². The normalized spacial score (nSPS) is 11.7. The van der Waals surface area contributed by atoms with Gasteiger partial charge in [0.05, 0.1) is 5.69 Å². The number of hydrogen-bond donors (Lipinski definition) is 0. The van der Waals surface area contributed by atoms with Crippen LogP contribution in [-0.4, -0.2) is 0 Å². The van der Waals surface area contributed by atoms with E-state index in [2.05, 4.69) is 157 Å². The topological polar surface area (TPSA) is 16.4 Å². The average Bonchev–Trinajstić information content (AvgIpc) is 3.65. The van der Waals surface area contributed by atoms with E-state index < -0.39 is 0 Å². The molecule has 9 aromatic rings. The van der Waals surface area contributed by atoms with E-state index >= 15 is 0 Å². The van der Waals surface area contributed by atoms with E-state index in [0.717, 1.165) is 50.1 Å². The molecule has 0 unspecified atom stereocenters. The fourth-order valence-electron chi connectivity index (χ4n) is 6.50. The molecule has 43 heavy (non-hydrogen) atoms. The number of thiophene rings is 1. The Labute approximate surface area is 252 Å². The van der Waals surface area contributed by atoms with Crippen LogP contribution in [0, 0.1) is 0 Å². The Balaban J connectivity index is 1.35. The summed E-state index contributed by atoms with van der Waals surface area (Å²) in [6.07, 6.45) is 0. The maximum atomic E-state index is 7.00. The van der Waals surface area contributed by atoms with E-state index in [4.69, 9.17) is 4.42 Å². The highest BCUT2D eigenvalue weighted by atomic mass is 32.1. The second-order valence-corrected chi connectivity index (χ2v) is 12.0. The number of rotatable bonds is 4. The summed E-state index contributed by atoms with van der Waals surface area (Å²) in [7, 11) is 0. The number of benzene rings is 7. The molecule has 2 aromatic heterocycles. The van der Waals surface area contributed by atoms with Crippen molar-refractivity contribution in [1.82, 2.24) is 0 Å². The third kappa shape index (κ3) is 3.79. The average molecular weight is 568 g/mol. The third-order valence-electron chi connectivity index (χ3n) is 8.43. The van der Waals surface area contributed by atoms with Gasteiger partial charge in [-0.25, -0.2) is 0 Å². The zero-order valence-corrected chi connectivity index (χ0v) is 24.0. The summed E-state index contributed by atoms with van der Waals surface area (Å²) in [6, 6.07) is 54.1. The number of nitrogens with zero attached hydrogens (tertiary/aromatic N) is 1. The zero-order chi connectivity index (χ0) is 28.3. The fraction of sp³-hybridized carbons (Fsp3) is 0. The van der Waals surface area contributed by atoms with Crippen molar-refractivity contribution in [1.29, 1.82) is 0 Å². The van der Waals surface area contributed by atoms with Crippen LogP contribution in [0.25, 0.3) is 64.0 Å². The molecular formula is C40H25NOS. The maximum Gasteiger partial charge on any atom is 0.159 e. The van der Waals surface area contributed by atoms with Gasteiger partial charge in [-0.15, -0.1) is 11.3 Å². The van der Waals surface area contributed by atoms with Gasteiger partial charge in [0.15, 0.2) is 5.58 Å². The molecule has 0 aliphatic rings. The maximum absolute atomic E-state index is 7.00. The first kappa shape index (κ1) is 24.2. The van der Waals surface area contributed by atoms with Gasteiger partial charge < -0.3 is 9.32 Å². The predicted octanol–water partition coefficient (Wildman–Crippen LogP) is 12.2. The van der Waals surface area contributed by atoms with Crippen LogP contribution in [0.5, 0.6) is 0 Å². The number of hydrogen-bond acceptors (Lipinski definition) is 3. The molecule has 7 aromatic carbocycles. The van der Waals surface area contributed by atoms with Crippen LogP contribution < -0.4 is 4.90 Å². The fourth-order valence-corrected chi connectivity index (χ4v) is 7.64. The molecule has 0 N–H and O–H groups in total. The van der Waals surface area contributed by atoms with Crippen LogP contribution in [-0.2, 0) is 0 Å². The van der Waals surface area contributed by atoms with Gasteiger partial charge in [-0.1, -0.05) is 109 Å². The Hall–Kier alpha value is -5.38. The molecule has 3 heteroatoms. The van der Waals surface area contributed by atoms with Crippen LogP contribution in [0.15, 0.2) is 156 Å². The monoisotopic (exact) mass is 567 g/mol. The quantitative estimate of drug-likeness (QED) is 0.210. The number of furan rings is 1. The first-order chi connectivity index (χ1) is 21.3. The van der Waals surface area contributed by atoms with Crippen molar-refractivity contribution in [2.75, 3.05) is 4.90 Å². The Bertz CT molecular complexity index is 2460. The molecule has 0 radical (unpaired) electrons. The molecule has 0 aliphatic heterocycles. The smallest absolute Gasteiger partial charge is 0.159 e. The molecule has 2 nitrogen and oxygen atoms in total. The highest BCUT2D eigenvalue weighted by molar-refractivity contribution is 7.25. The van der Waals surface area contributed by atoms with E-state index in [9.17, 15) is 0 Å². The summed E-state index contributed by atoms with van der Waals surface area (Å²) in [6.45, 7) is 0. The van der Waals surface area contributed by atoms with E-state index in [0.29, 0.717) is 0 Å². The molecule has 0 saturated heterocycles. The summed E-state index contributed by atoms with van der Waals surface area (Å²) in [5.74, 6) is 0. The molecule has 0 bridgehead atoms. The van der Waals surface area contributed by atoms with E-state index in [1.54, 1.807) is 0 Å². The minimum Gasteiger partial charge on any atom is -0.453 e. The minimum atomic E-state index is 0.881. The molecule has 0 atom stereocenters. The Morgan fingerprint density at radius 2 is 1.16 bits per heavy atom. The molecule has 0 fully saturated rings. The Morgan fingerprint density at radius 1 is 0.465 bits per heavy atom. The lowest BCUT2D eigenvalue weighted by Gasteiger charge is -2.25. The highest BCUT2D eigenvalue weighted by Gasteiger charge is 2.22. The molecule has 0 saturated carbocycles. The Morgan fingerprint density at radius 3 is 2.02 bits per heavy atom. The predicted molar refractivity (Wildman–Crippen MR) is 184 cm³/mol. The second kappa shape index (κ2) is 9.59. The number of para-hydroxylation sites is 2. The van der Waals surface area contributed by atoms with Gasteiger partial charge in [-0.3, -0.25) is 0 Å². The van der Waals surface area contributed by atoms with Crippen molar-refractivity contribution in [3.8, 4) is 11.1 Å². The third-order valence-corrected chi connectivity index (χ3v) is 9.56. The lowest BCUT2D eigenvalue weighted by atomic mass is 9.96.